The SMILES string of the molecule is CC/C=C\C/C=C\C/C=C\C/C=C\C/C=C\CCCCCCCCCCCCCCCCCCCC(=O)NC(COC1OC(CO)C(OC2OC(CO)C(O)C(O)C2O)C(O)C1O)C(O)CCCCCCCC. The zero-order valence-electron chi connectivity index (χ0n) is 45.4. The van der Waals surface area contributed by atoms with Gasteiger partial charge in [-0.05, 0) is 57.8 Å². The molecular formula is C59H105NO13. The summed E-state index contributed by atoms with van der Waals surface area (Å²) < 4.78 is 22.7. The number of rotatable bonds is 45. The molecule has 14 heteroatoms. The molecule has 2 heterocycles. The Labute approximate surface area is 441 Å². The number of carbonyl (C=O) groups is 1. The summed E-state index contributed by atoms with van der Waals surface area (Å²) >= 11 is 0. The van der Waals surface area contributed by atoms with E-state index in [1.54, 1.807) is 0 Å². The molecule has 2 rings (SSSR count). The summed E-state index contributed by atoms with van der Waals surface area (Å²) in [6.45, 7) is 2.66. The highest BCUT2D eigenvalue weighted by Gasteiger charge is 2.51. The molecular weight excluding hydrogens is 931 g/mol. The molecule has 12 unspecified atom stereocenters. The maximum atomic E-state index is 13.2. The lowest BCUT2D eigenvalue weighted by Gasteiger charge is -2.46. The van der Waals surface area contributed by atoms with Gasteiger partial charge in [-0.25, -0.2) is 0 Å². The average molecular weight is 1040 g/mol. The van der Waals surface area contributed by atoms with Crippen LogP contribution in [0.5, 0.6) is 0 Å². The van der Waals surface area contributed by atoms with Crippen molar-refractivity contribution in [2.24, 2.45) is 0 Å². The first-order chi connectivity index (χ1) is 35.6. The summed E-state index contributed by atoms with van der Waals surface area (Å²) in [6, 6.07) is -0.826. The Balaban J connectivity index is 1.56. The van der Waals surface area contributed by atoms with E-state index in [-0.39, 0.29) is 12.5 Å². The highest BCUT2D eigenvalue weighted by molar-refractivity contribution is 5.76. The van der Waals surface area contributed by atoms with E-state index >= 15 is 0 Å². The van der Waals surface area contributed by atoms with Gasteiger partial charge in [-0.3, -0.25) is 4.79 Å². The summed E-state index contributed by atoms with van der Waals surface area (Å²) in [5, 5.41) is 86.6. The van der Waals surface area contributed by atoms with Crippen LogP contribution in [0.3, 0.4) is 0 Å². The molecule has 0 spiro atoms. The fourth-order valence-corrected chi connectivity index (χ4v) is 9.32. The van der Waals surface area contributed by atoms with Gasteiger partial charge in [0.05, 0.1) is 32.0 Å². The van der Waals surface area contributed by atoms with Crippen LogP contribution in [0.1, 0.15) is 213 Å². The van der Waals surface area contributed by atoms with Crippen molar-refractivity contribution in [1.29, 1.82) is 0 Å². The third-order valence-corrected chi connectivity index (χ3v) is 14.0. The summed E-state index contributed by atoms with van der Waals surface area (Å²) in [4.78, 5) is 13.2. The smallest absolute Gasteiger partial charge is 0.220 e. The van der Waals surface area contributed by atoms with Crippen LogP contribution in [0, 0.1) is 0 Å². The molecule has 2 aliphatic rings. The van der Waals surface area contributed by atoms with Gasteiger partial charge in [0.15, 0.2) is 12.6 Å². The zero-order valence-corrected chi connectivity index (χ0v) is 45.4. The summed E-state index contributed by atoms with van der Waals surface area (Å²) in [6.07, 6.45) is 40.1. The third kappa shape index (κ3) is 30.9. The van der Waals surface area contributed by atoms with Crippen molar-refractivity contribution >= 4 is 5.91 Å². The lowest BCUT2D eigenvalue weighted by Crippen LogP contribution is -2.65. The average Bonchev–Trinajstić information content (AvgIpc) is 3.39. The second-order valence-electron chi connectivity index (χ2n) is 20.4. The van der Waals surface area contributed by atoms with Gasteiger partial charge in [0.2, 0.25) is 5.91 Å². The number of unbranched alkanes of at least 4 members (excludes halogenated alkanes) is 22. The van der Waals surface area contributed by atoms with Crippen molar-refractivity contribution in [3.63, 3.8) is 0 Å². The Hall–Kier alpha value is -2.31. The molecule has 0 aromatic carbocycles. The van der Waals surface area contributed by atoms with Crippen LogP contribution < -0.4 is 5.32 Å². The molecule has 2 saturated heterocycles. The number of amides is 1. The predicted molar refractivity (Wildman–Crippen MR) is 290 cm³/mol. The first-order valence-electron chi connectivity index (χ1n) is 29.0. The molecule has 0 aromatic heterocycles. The van der Waals surface area contributed by atoms with Crippen molar-refractivity contribution in [2.45, 2.75) is 286 Å². The quantitative estimate of drug-likeness (QED) is 0.0205. The van der Waals surface area contributed by atoms with E-state index in [2.05, 4.69) is 79.9 Å². The molecule has 12 atom stereocenters. The lowest BCUT2D eigenvalue weighted by atomic mass is 9.97. The monoisotopic (exact) mass is 1040 g/mol. The molecule has 0 saturated carbocycles. The van der Waals surface area contributed by atoms with Gasteiger partial charge in [0.1, 0.15) is 48.8 Å². The number of allylic oxidation sites excluding steroid dienone is 10. The second-order valence-corrected chi connectivity index (χ2v) is 20.4. The van der Waals surface area contributed by atoms with Crippen molar-refractivity contribution in [3.8, 4) is 0 Å². The second kappa shape index (κ2) is 44.8. The minimum absolute atomic E-state index is 0.213. The van der Waals surface area contributed by atoms with Crippen molar-refractivity contribution in [1.82, 2.24) is 5.32 Å². The fraction of sp³-hybridized carbons (Fsp3) is 0.814. The molecule has 9 N–H and O–H groups in total. The molecule has 14 nitrogen and oxygen atoms in total. The predicted octanol–water partition coefficient (Wildman–Crippen LogP) is 9.39. The van der Waals surface area contributed by atoms with Gasteiger partial charge in [0, 0.05) is 6.42 Å². The molecule has 2 fully saturated rings. The lowest BCUT2D eigenvalue weighted by molar-refractivity contribution is -0.359. The number of aliphatic hydroxyl groups is 8. The number of hydrogen-bond acceptors (Lipinski definition) is 13. The Kier molecular flexibility index (Phi) is 41.0. The Bertz CT molecular complexity index is 1450. The Morgan fingerprint density at radius 2 is 0.945 bits per heavy atom. The van der Waals surface area contributed by atoms with Crippen LogP contribution in [0.2, 0.25) is 0 Å². The van der Waals surface area contributed by atoms with E-state index in [9.17, 15) is 45.6 Å². The first-order valence-corrected chi connectivity index (χ1v) is 29.0. The van der Waals surface area contributed by atoms with E-state index in [4.69, 9.17) is 18.9 Å². The minimum atomic E-state index is -1.78. The molecule has 0 aromatic rings. The standard InChI is InChI=1S/C59H105NO13/c1-3-5-7-9-11-12-13-14-15-16-17-18-19-20-21-22-23-24-25-26-27-28-29-30-31-32-33-34-35-36-37-39-41-43-51(64)60-47(48(63)42-40-38-10-8-6-4-2)46-70-58-56(69)54(67)57(50(45-62)72-58)73-59-55(68)53(66)52(65)49(44-61)71-59/h5,7,11-12,14-15,17-18,20-21,47-50,52-59,61-63,65-69H,3-4,6,8-10,13,16,19,22-46H2,1-2H3,(H,60,64)/b7-5-,12-11-,15-14-,18-17-,21-20-. The maximum Gasteiger partial charge on any atom is 0.220 e. The maximum absolute atomic E-state index is 13.2. The summed E-state index contributed by atoms with van der Waals surface area (Å²) in [7, 11) is 0. The third-order valence-electron chi connectivity index (χ3n) is 14.0. The van der Waals surface area contributed by atoms with E-state index in [0.29, 0.717) is 12.8 Å². The van der Waals surface area contributed by atoms with Crippen molar-refractivity contribution in [2.75, 3.05) is 19.8 Å². The normalized spacial score (nSPS) is 25.8. The molecule has 2 aliphatic heterocycles. The highest BCUT2D eigenvalue weighted by atomic mass is 16.7. The summed E-state index contributed by atoms with van der Waals surface area (Å²) in [5.41, 5.74) is 0. The highest BCUT2D eigenvalue weighted by Crippen LogP contribution is 2.30. The van der Waals surface area contributed by atoms with Crippen molar-refractivity contribution in [3.05, 3.63) is 60.8 Å². The van der Waals surface area contributed by atoms with Gasteiger partial charge in [0.25, 0.3) is 0 Å². The minimum Gasteiger partial charge on any atom is -0.394 e. The van der Waals surface area contributed by atoms with Gasteiger partial charge in [-0.15, -0.1) is 0 Å². The number of ether oxygens (including phenoxy) is 4. The topological polar surface area (TPSA) is 228 Å². The number of aliphatic hydroxyl groups excluding tert-OH is 8. The number of hydrogen-bond donors (Lipinski definition) is 9. The van der Waals surface area contributed by atoms with E-state index in [1.165, 1.54) is 89.9 Å². The molecule has 1 amide bonds. The van der Waals surface area contributed by atoms with Gasteiger partial charge >= 0.3 is 0 Å². The summed E-state index contributed by atoms with van der Waals surface area (Å²) in [5.74, 6) is -0.213. The van der Waals surface area contributed by atoms with Gasteiger partial charge in [-0.2, -0.15) is 0 Å². The van der Waals surface area contributed by atoms with Crippen LogP contribution in [0.25, 0.3) is 0 Å². The van der Waals surface area contributed by atoms with Gasteiger partial charge in [-0.1, -0.05) is 209 Å². The molecule has 0 bridgehead atoms. The van der Waals surface area contributed by atoms with Crippen LogP contribution in [-0.4, -0.2) is 140 Å². The molecule has 0 radical (unpaired) electrons. The van der Waals surface area contributed by atoms with Crippen LogP contribution in [0.4, 0.5) is 0 Å². The van der Waals surface area contributed by atoms with Crippen LogP contribution in [0.15, 0.2) is 60.8 Å². The van der Waals surface area contributed by atoms with Crippen molar-refractivity contribution < 1.29 is 64.6 Å². The van der Waals surface area contributed by atoms with E-state index in [1.807, 2.05) is 0 Å². The molecule has 424 valence electrons. The van der Waals surface area contributed by atoms with E-state index in [0.717, 1.165) is 96.3 Å². The number of nitrogens with one attached hydrogen (secondary N) is 1. The van der Waals surface area contributed by atoms with Crippen LogP contribution >= 0.6 is 0 Å². The zero-order chi connectivity index (χ0) is 53.2. The number of carbonyl (C=O) groups excluding carboxylic acids is 1. The first kappa shape index (κ1) is 66.8. The van der Waals surface area contributed by atoms with Crippen LogP contribution in [-0.2, 0) is 23.7 Å². The van der Waals surface area contributed by atoms with E-state index < -0.39 is 86.8 Å². The van der Waals surface area contributed by atoms with Gasteiger partial charge < -0.3 is 65.1 Å². The molecule has 73 heavy (non-hydrogen) atoms. The largest absolute Gasteiger partial charge is 0.394 e. The Morgan fingerprint density at radius 3 is 1.45 bits per heavy atom. The molecule has 0 aliphatic carbocycles. The fourth-order valence-electron chi connectivity index (χ4n) is 9.32. The Morgan fingerprint density at radius 1 is 0.507 bits per heavy atom.